The molecule has 100 valence electrons. The topological polar surface area (TPSA) is 60.3 Å². The molecule has 5 heteroatoms. The number of nitrogens with zero attached hydrogens (tertiary/aromatic N) is 1. The Morgan fingerprint density at radius 2 is 1.89 bits per heavy atom. The minimum Gasteiger partial charge on any atom is -0.443 e. The van der Waals surface area contributed by atoms with Gasteiger partial charge in [0, 0.05) is 11.6 Å². The molecule has 19 heavy (non-hydrogen) atoms. The summed E-state index contributed by atoms with van der Waals surface area (Å²) in [5.41, 5.74) is 1.51. The summed E-state index contributed by atoms with van der Waals surface area (Å²) in [5.74, 6) is 0. The van der Waals surface area contributed by atoms with Crippen LogP contribution in [0.15, 0.2) is 41.3 Å². The molecule has 0 saturated heterocycles. The number of aromatic nitrogens is 1. The Kier molecular flexibility index (Phi) is 3.29. The van der Waals surface area contributed by atoms with Crippen LogP contribution in [-0.4, -0.2) is 16.4 Å². The van der Waals surface area contributed by atoms with Gasteiger partial charge < -0.3 is 4.74 Å². The van der Waals surface area contributed by atoms with Gasteiger partial charge in [0.1, 0.15) is 5.60 Å². The molecule has 5 nitrogen and oxygen atoms in total. The summed E-state index contributed by atoms with van der Waals surface area (Å²) in [4.78, 5) is 23.7. The van der Waals surface area contributed by atoms with E-state index in [9.17, 15) is 9.59 Å². The predicted octanol–water partition coefficient (Wildman–Crippen LogP) is 2.48. The number of amides is 1. The molecular weight excluding hydrogens is 244 g/mol. The smallest absolute Gasteiger partial charge is 0.427 e. The SMILES string of the molecule is CC(C)(C)OC(=O)Nn1ccc2ccccc2c1=O. The second-order valence-electron chi connectivity index (χ2n) is 5.19. The van der Waals surface area contributed by atoms with Gasteiger partial charge >= 0.3 is 6.09 Å². The first kappa shape index (κ1) is 13.1. The Labute approximate surface area is 110 Å². The third-order valence-corrected chi connectivity index (χ3v) is 2.42. The van der Waals surface area contributed by atoms with Crippen LogP contribution in [0, 0.1) is 0 Å². The number of nitrogens with one attached hydrogen (secondary N) is 1. The van der Waals surface area contributed by atoms with E-state index in [0.717, 1.165) is 10.1 Å². The second kappa shape index (κ2) is 4.76. The first-order chi connectivity index (χ1) is 8.87. The number of rotatable bonds is 1. The zero-order valence-corrected chi connectivity index (χ0v) is 11.1. The first-order valence-corrected chi connectivity index (χ1v) is 5.97. The standard InChI is InChI=1S/C14H16N2O3/c1-14(2,3)19-13(18)15-16-9-8-10-6-4-5-7-11(10)12(16)17/h4-9H,1-3H3,(H,15,18). The highest BCUT2D eigenvalue weighted by atomic mass is 16.6. The monoisotopic (exact) mass is 260 g/mol. The van der Waals surface area contributed by atoms with Crippen molar-refractivity contribution >= 4 is 16.9 Å². The van der Waals surface area contributed by atoms with E-state index < -0.39 is 11.7 Å². The average molecular weight is 260 g/mol. The molecule has 0 aliphatic heterocycles. The molecule has 1 aromatic heterocycles. The minimum absolute atomic E-state index is 0.288. The molecule has 2 aromatic rings. The van der Waals surface area contributed by atoms with E-state index in [4.69, 9.17) is 4.74 Å². The zero-order chi connectivity index (χ0) is 14.0. The number of ether oxygens (including phenoxy) is 1. The molecule has 0 saturated carbocycles. The molecule has 0 spiro atoms. The summed E-state index contributed by atoms with van der Waals surface area (Å²) in [6, 6.07) is 8.95. The molecule has 0 unspecified atom stereocenters. The summed E-state index contributed by atoms with van der Waals surface area (Å²) in [5, 5.41) is 1.37. The normalized spacial score (nSPS) is 11.3. The van der Waals surface area contributed by atoms with Crippen LogP contribution in [0.4, 0.5) is 4.79 Å². The lowest BCUT2D eigenvalue weighted by Crippen LogP contribution is -2.36. The van der Waals surface area contributed by atoms with Crippen molar-refractivity contribution in [2.45, 2.75) is 26.4 Å². The van der Waals surface area contributed by atoms with Crippen molar-refractivity contribution in [2.75, 3.05) is 5.43 Å². The molecule has 1 N–H and O–H groups in total. The van der Waals surface area contributed by atoms with Crippen LogP contribution < -0.4 is 11.0 Å². The maximum absolute atomic E-state index is 12.1. The maximum Gasteiger partial charge on any atom is 0.427 e. The van der Waals surface area contributed by atoms with Gasteiger partial charge in [-0.05, 0) is 38.3 Å². The van der Waals surface area contributed by atoms with Gasteiger partial charge in [-0.2, -0.15) is 0 Å². The molecular formula is C14H16N2O3. The molecule has 2 rings (SSSR count). The lowest BCUT2D eigenvalue weighted by Gasteiger charge is -2.20. The molecule has 0 aliphatic carbocycles. The van der Waals surface area contributed by atoms with Gasteiger partial charge in [-0.3, -0.25) is 4.79 Å². The van der Waals surface area contributed by atoms with E-state index in [1.165, 1.54) is 6.20 Å². The van der Waals surface area contributed by atoms with E-state index in [1.807, 2.05) is 12.1 Å². The Morgan fingerprint density at radius 3 is 2.58 bits per heavy atom. The van der Waals surface area contributed by atoms with Crippen molar-refractivity contribution in [1.82, 2.24) is 4.68 Å². The Morgan fingerprint density at radius 1 is 1.21 bits per heavy atom. The van der Waals surface area contributed by atoms with Crippen LogP contribution in [0.2, 0.25) is 0 Å². The number of fused-ring (bicyclic) bond motifs is 1. The highest BCUT2D eigenvalue weighted by molar-refractivity contribution is 5.82. The highest BCUT2D eigenvalue weighted by Crippen LogP contribution is 2.09. The predicted molar refractivity (Wildman–Crippen MR) is 73.8 cm³/mol. The van der Waals surface area contributed by atoms with Crippen molar-refractivity contribution < 1.29 is 9.53 Å². The van der Waals surface area contributed by atoms with E-state index in [0.29, 0.717) is 5.39 Å². The molecule has 1 amide bonds. The van der Waals surface area contributed by atoms with Gasteiger partial charge in [-0.25, -0.2) is 14.9 Å². The third kappa shape index (κ3) is 3.13. The highest BCUT2D eigenvalue weighted by Gasteiger charge is 2.16. The molecule has 0 radical (unpaired) electrons. The van der Waals surface area contributed by atoms with E-state index in [2.05, 4.69) is 5.43 Å². The van der Waals surface area contributed by atoms with Crippen molar-refractivity contribution in [2.24, 2.45) is 0 Å². The van der Waals surface area contributed by atoms with Crippen LogP contribution in [0.5, 0.6) is 0 Å². The fourth-order valence-electron chi connectivity index (χ4n) is 1.68. The number of benzene rings is 1. The minimum atomic E-state index is -0.662. The fraction of sp³-hybridized carbons (Fsp3) is 0.286. The average Bonchev–Trinajstić information content (AvgIpc) is 2.31. The molecule has 0 fully saturated rings. The molecule has 1 aromatic carbocycles. The Bertz CT molecular complexity index is 668. The van der Waals surface area contributed by atoms with Gasteiger partial charge in [0.15, 0.2) is 0 Å². The van der Waals surface area contributed by atoms with E-state index >= 15 is 0 Å². The van der Waals surface area contributed by atoms with Crippen LogP contribution in [0.25, 0.3) is 10.8 Å². The number of hydrogen-bond acceptors (Lipinski definition) is 3. The molecule has 1 heterocycles. The van der Waals surface area contributed by atoms with Crippen LogP contribution >= 0.6 is 0 Å². The Hall–Kier alpha value is -2.30. The van der Waals surface area contributed by atoms with Crippen molar-refractivity contribution in [3.63, 3.8) is 0 Å². The third-order valence-electron chi connectivity index (χ3n) is 2.42. The number of hydrogen-bond donors (Lipinski definition) is 1. The van der Waals surface area contributed by atoms with Gasteiger partial charge in [-0.1, -0.05) is 18.2 Å². The second-order valence-corrected chi connectivity index (χ2v) is 5.19. The van der Waals surface area contributed by atoms with E-state index in [-0.39, 0.29) is 5.56 Å². The lowest BCUT2D eigenvalue weighted by molar-refractivity contribution is 0.0612. The van der Waals surface area contributed by atoms with Crippen molar-refractivity contribution in [3.8, 4) is 0 Å². The van der Waals surface area contributed by atoms with Gasteiger partial charge in [0.25, 0.3) is 5.56 Å². The first-order valence-electron chi connectivity index (χ1n) is 5.97. The van der Waals surface area contributed by atoms with Crippen molar-refractivity contribution in [1.29, 1.82) is 0 Å². The Balaban J connectivity index is 2.29. The summed E-state index contributed by atoms with van der Waals surface area (Å²) < 4.78 is 6.22. The lowest BCUT2D eigenvalue weighted by atomic mass is 10.2. The molecule has 0 atom stereocenters. The van der Waals surface area contributed by atoms with Gasteiger partial charge in [0.2, 0.25) is 0 Å². The quantitative estimate of drug-likeness (QED) is 0.856. The van der Waals surface area contributed by atoms with Crippen LogP contribution in [0.3, 0.4) is 0 Å². The summed E-state index contributed by atoms with van der Waals surface area (Å²) >= 11 is 0. The zero-order valence-electron chi connectivity index (χ0n) is 11.1. The van der Waals surface area contributed by atoms with Gasteiger partial charge in [0.05, 0.1) is 0 Å². The summed E-state index contributed by atoms with van der Waals surface area (Å²) in [6.45, 7) is 5.28. The largest absolute Gasteiger partial charge is 0.443 e. The van der Waals surface area contributed by atoms with Crippen molar-refractivity contribution in [3.05, 3.63) is 46.9 Å². The van der Waals surface area contributed by atoms with E-state index in [1.54, 1.807) is 39.0 Å². The molecule has 0 aliphatic rings. The summed E-state index contributed by atoms with van der Waals surface area (Å²) in [6.07, 6.45) is 0.846. The molecule has 0 bridgehead atoms. The number of pyridine rings is 1. The number of carbonyl (C=O) groups excluding carboxylic acids is 1. The number of carbonyl (C=O) groups is 1. The van der Waals surface area contributed by atoms with Gasteiger partial charge in [-0.15, -0.1) is 0 Å². The fourth-order valence-corrected chi connectivity index (χ4v) is 1.68. The van der Waals surface area contributed by atoms with Crippen LogP contribution in [-0.2, 0) is 4.74 Å². The van der Waals surface area contributed by atoms with Crippen LogP contribution in [0.1, 0.15) is 20.8 Å². The summed E-state index contributed by atoms with van der Waals surface area (Å²) in [7, 11) is 0. The maximum atomic E-state index is 12.1.